The minimum absolute atomic E-state index is 0.0255. The van der Waals surface area contributed by atoms with Gasteiger partial charge in [-0.15, -0.1) is 0 Å². The number of carbonyl (C=O) groups is 1. The second-order valence-corrected chi connectivity index (χ2v) is 1.98. The summed E-state index contributed by atoms with van der Waals surface area (Å²) < 4.78 is 23.1. The van der Waals surface area contributed by atoms with E-state index in [0.29, 0.717) is 0 Å². The van der Waals surface area contributed by atoms with Gasteiger partial charge in [0.1, 0.15) is 0 Å². The fraction of sp³-hybridized carbons (Fsp3) is 0.571. The molecule has 0 amide bonds. The van der Waals surface area contributed by atoms with Gasteiger partial charge in [0, 0.05) is 12.8 Å². The van der Waals surface area contributed by atoms with Gasteiger partial charge >= 0.3 is 0 Å². The number of alkyl halides is 2. The molecule has 0 heterocycles. The van der Waals surface area contributed by atoms with Crippen LogP contribution in [0, 0.1) is 0 Å². The lowest BCUT2D eigenvalue weighted by Crippen LogP contribution is -2.03. The molecule has 0 radical (unpaired) electrons. The van der Waals surface area contributed by atoms with E-state index >= 15 is 0 Å². The van der Waals surface area contributed by atoms with Gasteiger partial charge in [0.15, 0.2) is 5.78 Å². The van der Waals surface area contributed by atoms with Crippen molar-refractivity contribution in [3.63, 3.8) is 0 Å². The number of Topliss-reactive ketones (excluding diaryl/α,β-unsaturated/α-hetero) is 1. The molecule has 0 aliphatic rings. The maximum atomic E-state index is 11.6. The first kappa shape index (κ1) is 9.27. The highest BCUT2D eigenvalue weighted by atomic mass is 19.3. The van der Waals surface area contributed by atoms with E-state index in [2.05, 4.69) is 6.58 Å². The fourth-order valence-electron chi connectivity index (χ4n) is 0.550. The number of allylic oxidation sites excluding steroid dienone is 1. The Morgan fingerprint density at radius 3 is 2.40 bits per heavy atom. The van der Waals surface area contributed by atoms with Crippen LogP contribution in [0.4, 0.5) is 8.78 Å². The quantitative estimate of drug-likeness (QED) is 0.558. The monoisotopic (exact) mass is 148 g/mol. The largest absolute Gasteiger partial charge is 0.295 e. The fourth-order valence-corrected chi connectivity index (χ4v) is 0.550. The lowest BCUT2D eigenvalue weighted by atomic mass is 10.1. The van der Waals surface area contributed by atoms with Crippen molar-refractivity contribution in [3.8, 4) is 0 Å². The molecule has 0 unspecified atom stereocenters. The van der Waals surface area contributed by atoms with Gasteiger partial charge in [-0.05, 0) is 5.57 Å². The molecule has 0 fully saturated rings. The zero-order valence-corrected chi connectivity index (χ0v) is 5.86. The van der Waals surface area contributed by atoms with Gasteiger partial charge in [0.2, 0.25) is 6.43 Å². The zero-order chi connectivity index (χ0) is 8.15. The van der Waals surface area contributed by atoms with Crippen LogP contribution >= 0.6 is 0 Å². The molecule has 3 heteroatoms. The Labute approximate surface area is 58.7 Å². The number of ketones is 1. The number of hydrogen-bond acceptors (Lipinski definition) is 1. The highest BCUT2D eigenvalue weighted by Gasteiger charge is 2.10. The minimum Gasteiger partial charge on any atom is -0.295 e. The number of carbonyl (C=O) groups excluding carboxylic acids is 1. The third-order valence-electron chi connectivity index (χ3n) is 1.12. The molecule has 0 saturated heterocycles. The molecule has 0 spiro atoms. The van der Waals surface area contributed by atoms with Gasteiger partial charge in [-0.2, -0.15) is 0 Å². The van der Waals surface area contributed by atoms with Crippen molar-refractivity contribution in [1.29, 1.82) is 0 Å². The van der Waals surface area contributed by atoms with Crippen LogP contribution in [-0.4, -0.2) is 12.2 Å². The molecule has 0 aliphatic heterocycles. The lowest BCUT2D eigenvalue weighted by Gasteiger charge is -1.99. The first-order valence-electron chi connectivity index (χ1n) is 3.07. The normalized spacial score (nSPS) is 10.0. The maximum Gasteiger partial charge on any atom is 0.242 e. The number of hydrogen-bond donors (Lipinski definition) is 0. The molecular weight excluding hydrogens is 138 g/mol. The molecule has 58 valence electrons. The van der Waals surface area contributed by atoms with Crippen LogP contribution in [-0.2, 0) is 4.79 Å². The van der Waals surface area contributed by atoms with Crippen molar-refractivity contribution in [2.24, 2.45) is 0 Å². The van der Waals surface area contributed by atoms with Crippen LogP contribution in [0.25, 0.3) is 0 Å². The Morgan fingerprint density at radius 2 is 2.10 bits per heavy atom. The summed E-state index contributed by atoms with van der Waals surface area (Å²) in [5.41, 5.74) is 0.0255. The Balaban J connectivity index is 3.74. The third kappa shape index (κ3) is 3.33. The summed E-state index contributed by atoms with van der Waals surface area (Å²) in [6.45, 7) is 4.86. The molecule has 0 saturated carbocycles. The van der Waals surface area contributed by atoms with Crippen molar-refractivity contribution in [1.82, 2.24) is 0 Å². The van der Waals surface area contributed by atoms with E-state index < -0.39 is 12.8 Å². The molecule has 0 aromatic heterocycles. The predicted octanol–water partition coefficient (Wildman–Crippen LogP) is 2.18. The summed E-state index contributed by atoms with van der Waals surface area (Å²) in [7, 11) is 0. The van der Waals surface area contributed by atoms with Crippen molar-refractivity contribution >= 4 is 5.78 Å². The van der Waals surface area contributed by atoms with E-state index in [-0.39, 0.29) is 17.8 Å². The lowest BCUT2D eigenvalue weighted by molar-refractivity contribution is -0.115. The highest BCUT2D eigenvalue weighted by molar-refractivity contribution is 5.94. The molecule has 0 bridgehead atoms. The van der Waals surface area contributed by atoms with Crippen LogP contribution in [0.1, 0.15) is 19.8 Å². The Bertz CT molecular complexity index is 141. The topological polar surface area (TPSA) is 17.1 Å². The van der Waals surface area contributed by atoms with Gasteiger partial charge in [-0.3, -0.25) is 4.79 Å². The van der Waals surface area contributed by atoms with Crippen LogP contribution in [0.3, 0.4) is 0 Å². The van der Waals surface area contributed by atoms with Crippen LogP contribution in [0.5, 0.6) is 0 Å². The van der Waals surface area contributed by atoms with Gasteiger partial charge < -0.3 is 0 Å². The van der Waals surface area contributed by atoms with Crippen LogP contribution < -0.4 is 0 Å². The summed E-state index contributed by atoms with van der Waals surface area (Å²) in [6.07, 6.45) is -2.69. The molecule has 0 rings (SSSR count). The van der Waals surface area contributed by atoms with Gasteiger partial charge in [-0.1, -0.05) is 13.5 Å². The van der Waals surface area contributed by atoms with E-state index in [1.54, 1.807) is 6.92 Å². The van der Waals surface area contributed by atoms with Crippen molar-refractivity contribution in [2.75, 3.05) is 0 Å². The Hall–Kier alpha value is -0.730. The standard InChI is InChI=1S/C7H10F2O/c1-3-6(10)5(2)4-7(8)9/h7H,2-4H2,1H3. The average Bonchev–Trinajstić information content (AvgIpc) is 1.85. The van der Waals surface area contributed by atoms with Crippen molar-refractivity contribution < 1.29 is 13.6 Å². The molecule has 0 aromatic rings. The summed E-state index contributed by atoms with van der Waals surface area (Å²) in [4.78, 5) is 10.6. The minimum atomic E-state index is -2.46. The van der Waals surface area contributed by atoms with Gasteiger partial charge in [0.05, 0.1) is 0 Å². The predicted molar refractivity (Wildman–Crippen MR) is 35.1 cm³/mol. The molecule has 0 atom stereocenters. The van der Waals surface area contributed by atoms with Crippen molar-refractivity contribution in [3.05, 3.63) is 12.2 Å². The SMILES string of the molecule is C=C(CC(F)F)C(=O)CC. The second-order valence-electron chi connectivity index (χ2n) is 1.98. The van der Waals surface area contributed by atoms with E-state index in [9.17, 15) is 13.6 Å². The molecular formula is C7H10F2O. The maximum absolute atomic E-state index is 11.6. The van der Waals surface area contributed by atoms with E-state index in [1.807, 2.05) is 0 Å². The number of rotatable bonds is 4. The summed E-state index contributed by atoms with van der Waals surface area (Å²) in [5, 5.41) is 0. The first-order chi connectivity index (χ1) is 4.57. The third-order valence-corrected chi connectivity index (χ3v) is 1.12. The van der Waals surface area contributed by atoms with E-state index in [1.165, 1.54) is 0 Å². The molecule has 10 heavy (non-hydrogen) atoms. The van der Waals surface area contributed by atoms with E-state index in [0.717, 1.165) is 0 Å². The molecule has 1 nitrogen and oxygen atoms in total. The second kappa shape index (κ2) is 4.14. The molecule has 0 N–H and O–H groups in total. The highest BCUT2D eigenvalue weighted by Crippen LogP contribution is 2.09. The van der Waals surface area contributed by atoms with Crippen LogP contribution in [0.2, 0.25) is 0 Å². The Morgan fingerprint density at radius 1 is 1.60 bits per heavy atom. The summed E-state index contributed by atoms with van der Waals surface area (Å²) in [5.74, 6) is -0.277. The smallest absolute Gasteiger partial charge is 0.242 e. The van der Waals surface area contributed by atoms with E-state index in [4.69, 9.17) is 0 Å². The summed E-state index contributed by atoms with van der Waals surface area (Å²) >= 11 is 0. The number of halogens is 2. The zero-order valence-electron chi connectivity index (χ0n) is 5.86. The first-order valence-corrected chi connectivity index (χ1v) is 3.07. The average molecular weight is 148 g/mol. The van der Waals surface area contributed by atoms with Gasteiger partial charge in [0.25, 0.3) is 0 Å². The van der Waals surface area contributed by atoms with Crippen molar-refractivity contribution in [2.45, 2.75) is 26.2 Å². The van der Waals surface area contributed by atoms with Gasteiger partial charge in [-0.25, -0.2) is 8.78 Å². The van der Waals surface area contributed by atoms with Crippen LogP contribution in [0.15, 0.2) is 12.2 Å². The molecule has 0 aliphatic carbocycles. The Kier molecular flexibility index (Phi) is 3.84. The molecule has 0 aromatic carbocycles. The summed E-state index contributed by atoms with van der Waals surface area (Å²) in [6, 6.07) is 0.